The monoisotopic (exact) mass is 353 g/mol. The Bertz CT molecular complexity index is 760. The Labute approximate surface area is 154 Å². The van der Waals surface area contributed by atoms with Crippen molar-refractivity contribution in [2.45, 2.75) is 27.7 Å². The fourth-order valence-electron chi connectivity index (χ4n) is 2.24. The van der Waals surface area contributed by atoms with E-state index in [1.807, 2.05) is 30.3 Å². The summed E-state index contributed by atoms with van der Waals surface area (Å²) in [6, 6.07) is 11.6. The van der Waals surface area contributed by atoms with Crippen molar-refractivity contribution in [2.75, 3.05) is 13.2 Å². The van der Waals surface area contributed by atoms with Gasteiger partial charge in [0, 0.05) is 0 Å². The standard InChI is InChI=1S/C21H23NO4/c1-5-25-20(23)19(21(24)26-6-2)16(4)12-15(3)18(14-22)13-17-10-8-7-9-11-17/h7-13H,5-6H2,1-4H3/b15-12-,18-13+. The van der Waals surface area contributed by atoms with Gasteiger partial charge in [-0.2, -0.15) is 5.26 Å². The van der Waals surface area contributed by atoms with Gasteiger partial charge in [-0.1, -0.05) is 36.4 Å². The smallest absolute Gasteiger partial charge is 0.345 e. The minimum absolute atomic E-state index is 0.148. The Morgan fingerprint density at radius 1 is 1.04 bits per heavy atom. The van der Waals surface area contributed by atoms with Crippen LogP contribution in [0.15, 0.2) is 58.7 Å². The average Bonchev–Trinajstić information content (AvgIpc) is 2.61. The van der Waals surface area contributed by atoms with E-state index in [1.54, 1.807) is 39.8 Å². The second kappa shape index (κ2) is 10.7. The zero-order valence-electron chi connectivity index (χ0n) is 15.5. The van der Waals surface area contributed by atoms with Gasteiger partial charge in [0.25, 0.3) is 0 Å². The van der Waals surface area contributed by atoms with Crippen molar-refractivity contribution >= 4 is 18.0 Å². The Balaban J connectivity index is 3.31. The molecule has 0 saturated heterocycles. The molecule has 0 atom stereocenters. The first-order chi connectivity index (χ1) is 12.4. The third-order valence-corrected chi connectivity index (χ3v) is 3.44. The SMILES string of the molecule is CCOC(=O)C(C(=O)OCC)=C(C)/C=C(C)\C(C#N)=C\c1ccccc1. The molecule has 0 spiro atoms. The first-order valence-electron chi connectivity index (χ1n) is 8.35. The second-order valence-corrected chi connectivity index (χ2v) is 5.41. The zero-order valence-corrected chi connectivity index (χ0v) is 15.5. The lowest BCUT2D eigenvalue weighted by atomic mass is 10.0. The topological polar surface area (TPSA) is 76.4 Å². The van der Waals surface area contributed by atoms with Crippen LogP contribution in [0.1, 0.15) is 33.3 Å². The fraction of sp³-hybridized carbons (Fsp3) is 0.286. The molecule has 1 rings (SSSR count). The number of nitrogens with zero attached hydrogens (tertiary/aromatic N) is 1. The van der Waals surface area contributed by atoms with Crippen LogP contribution >= 0.6 is 0 Å². The summed E-state index contributed by atoms with van der Waals surface area (Å²) in [6.07, 6.45) is 3.36. The van der Waals surface area contributed by atoms with Crippen molar-refractivity contribution in [3.05, 3.63) is 64.3 Å². The molecule has 0 fully saturated rings. The minimum Gasteiger partial charge on any atom is -0.462 e. The molecular weight excluding hydrogens is 330 g/mol. The number of benzene rings is 1. The molecule has 0 saturated carbocycles. The largest absolute Gasteiger partial charge is 0.462 e. The maximum atomic E-state index is 12.1. The van der Waals surface area contributed by atoms with Crippen LogP contribution in [0.4, 0.5) is 0 Å². The van der Waals surface area contributed by atoms with Gasteiger partial charge in [0.05, 0.1) is 24.9 Å². The number of ether oxygens (including phenoxy) is 2. The molecule has 0 N–H and O–H groups in total. The van der Waals surface area contributed by atoms with E-state index in [9.17, 15) is 14.9 Å². The summed E-state index contributed by atoms with van der Waals surface area (Å²) in [4.78, 5) is 24.2. The van der Waals surface area contributed by atoms with Gasteiger partial charge in [-0.15, -0.1) is 0 Å². The van der Waals surface area contributed by atoms with Crippen molar-refractivity contribution in [3.63, 3.8) is 0 Å². The molecule has 0 aliphatic heterocycles. The lowest BCUT2D eigenvalue weighted by Gasteiger charge is -2.09. The van der Waals surface area contributed by atoms with Crippen molar-refractivity contribution in [2.24, 2.45) is 0 Å². The number of esters is 2. The van der Waals surface area contributed by atoms with Crippen LogP contribution in [-0.4, -0.2) is 25.2 Å². The Hall–Kier alpha value is -3.13. The Morgan fingerprint density at radius 2 is 1.58 bits per heavy atom. The Morgan fingerprint density at radius 3 is 2.04 bits per heavy atom. The van der Waals surface area contributed by atoms with Crippen LogP contribution < -0.4 is 0 Å². The number of nitriles is 1. The number of hydrogen-bond donors (Lipinski definition) is 0. The summed E-state index contributed by atoms with van der Waals surface area (Å²) in [6.45, 7) is 6.98. The van der Waals surface area contributed by atoms with Gasteiger partial charge in [0.2, 0.25) is 0 Å². The molecule has 0 heterocycles. The van der Waals surface area contributed by atoms with Gasteiger partial charge in [-0.25, -0.2) is 9.59 Å². The second-order valence-electron chi connectivity index (χ2n) is 5.41. The van der Waals surface area contributed by atoms with Crippen molar-refractivity contribution in [1.29, 1.82) is 5.26 Å². The minimum atomic E-state index is -0.738. The summed E-state index contributed by atoms with van der Waals surface area (Å²) in [7, 11) is 0. The molecule has 26 heavy (non-hydrogen) atoms. The molecule has 0 unspecified atom stereocenters. The maximum absolute atomic E-state index is 12.1. The average molecular weight is 353 g/mol. The molecule has 0 aliphatic carbocycles. The summed E-state index contributed by atoms with van der Waals surface area (Å²) in [5, 5.41) is 9.44. The number of allylic oxidation sites excluding steroid dienone is 4. The van der Waals surface area contributed by atoms with E-state index < -0.39 is 11.9 Å². The lowest BCUT2D eigenvalue weighted by Crippen LogP contribution is -2.19. The molecule has 0 bridgehead atoms. The highest BCUT2D eigenvalue weighted by molar-refractivity contribution is 6.15. The van der Waals surface area contributed by atoms with E-state index in [0.717, 1.165) is 5.56 Å². The molecule has 5 heteroatoms. The molecule has 1 aromatic rings. The van der Waals surface area contributed by atoms with E-state index in [-0.39, 0.29) is 18.8 Å². The third-order valence-electron chi connectivity index (χ3n) is 3.44. The molecule has 0 amide bonds. The van der Waals surface area contributed by atoms with Crippen molar-refractivity contribution < 1.29 is 19.1 Å². The van der Waals surface area contributed by atoms with E-state index in [0.29, 0.717) is 16.7 Å². The molecule has 0 aliphatic rings. The molecule has 1 aromatic carbocycles. The third kappa shape index (κ3) is 6.06. The number of rotatable bonds is 7. The first-order valence-corrected chi connectivity index (χ1v) is 8.35. The van der Waals surface area contributed by atoms with E-state index in [1.165, 1.54) is 0 Å². The van der Waals surface area contributed by atoms with Gasteiger partial charge in [0.15, 0.2) is 0 Å². The molecule has 136 valence electrons. The maximum Gasteiger partial charge on any atom is 0.345 e. The van der Waals surface area contributed by atoms with Crippen LogP contribution in [0.25, 0.3) is 6.08 Å². The normalized spacial score (nSPS) is 11.3. The number of carbonyl (C=O) groups is 2. The molecule has 5 nitrogen and oxygen atoms in total. The zero-order chi connectivity index (χ0) is 19.5. The van der Waals surface area contributed by atoms with Gasteiger partial charge in [-0.05, 0) is 50.5 Å². The van der Waals surface area contributed by atoms with Crippen molar-refractivity contribution in [1.82, 2.24) is 0 Å². The summed E-state index contributed by atoms with van der Waals surface area (Å²) in [5.74, 6) is -1.48. The lowest BCUT2D eigenvalue weighted by molar-refractivity contribution is -0.146. The predicted octanol–water partition coefficient (Wildman–Crippen LogP) is 3.98. The summed E-state index contributed by atoms with van der Waals surface area (Å²) in [5.41, 5.74) is 2.16. The van der Waals surface area contributed by atoms with Crippen LogP contribution in [0.5, 0.6) is 0 Å². The summed E-state index contributed by atoms with van der Waals surface area (Å²) < 4.78 is 9.90. The number of carbonyl (C=O) groups excluding carboxylic acids is 2. The highest BCUT2D eigenvalue weighted by Crippen LogP contribution is 2.18. The van der Waals surface area contributed by atoms with Crippen LogP contribution in [-0.2, 0) is 19.1 Å². The van der Waals surface area contributed by atoms with Gasteiger partial charge >= 0.3 is 11.9 Å². The van der Waals surface area contributed by atoms with Gasteiger partial charge in [-0.3, -0.25) is 0 Å². The molecule has 0 radical (unpaired) electrons. The molecule has 0 aromatic heterocycles. The van der Waals surface area contributed by atoms with Crippen LogP contribution in [0.3, 0.4) is 0 Å². The fourth-order valence-corrected chi connectivity index (χ4v) is 2.24. The number of hydrogen-bond acceptors (Lipinski definition) is 5. The van der Waals surface area contributed by atoms with Crippen molar-refractivity contribution in [3.8, 4) is 6.07 Å². The quantitative estimate of drug-likeness (QED) is 0.185. The van der Waals surface area contributed by atoms with E-state index in [2.05, 4.69) is 6.07 Å². The highest BCUT2D eigenvalue weighted by Gasteiger charge is 2.23. The molecular formula is C21H23NO4. The van der Waals surface area contributed by atoms with E-state index in [4.69, 9.17) is 9.47 Å². The predicted molar refractivity (Wildman–Crippen MR) is 99.8 cm³/mol. The van der Waals surface area contributed by atoms with Gasteiger partial charge in [0.1, 0.15) is 5.57 Å². The van der Waals surface area contributed by atoms with Gasteiger partial charge < -0.3 is 9.47 Å². The van der Waals surface area contributed by atoms with Crippen LogP contribution in [0, 0.1) is 11.3 Å². The first kappa shape index (κ1) is 20.9. The Kier molecular flexibility index (Phi) is 8.59. The van der Waals surface area contributed by atoms with Crippen LogP contribution in [0.2, 0.25) is 0 Å². The highest BCUT2D eigenvalue weighted by atomic mass is 16.6. The van der Waals surface area contributed by atoms with E-state index >= 15 is 0 Å². The summed E-state index contributed by atoms with van der Waals surface area (Å²) >= 11 is 0.